The Morgan fingerprint density at radius 2 is 2.03 bits per heavy atom. The van der Waals surface area contributed by atoms with Gasteiger partial charge in [0.15, 0.2) is 5.96 Å². The van der Waals surface area contributed by atoms with E-state index in [1.54, 1.807) is 19.2 Å². The summed E-state index contributed by atoms with van der Waals surface area (Å²) >= 11 is 0. The monoisotopic (exact) mass is 536 g/mol. The molecular weight excluding hydrogens is 498 g/mol. The number of benzene rings is 1. The van der Waals surface area contributed by atoms with Gasteiger partial charge in [0.25, 0.3) is 0 Å². The van der Waals surface area contributed by atoms with Crippen molar-refractivity contribution in [3.8, 4) is 0 Å². The second-order valence-electron chi connectivity index (χ2n) is 7.67. The van der Waals surface area contributed by atoms with E-state index >= 15 is 0 Å². The Labute approximate surface area is 198 Å². The summed E-state index contributed by atoms with van der Waals surface area (Å²) in [5.74, 6) is 0.610. The molecule has 0 spiro atoms. The third-order valence-corrected chi connectivity index (χ3v) is 5.45. The summed E-state index contributed by atoms with van der Waals surface area (Å²) in [4.78, 5) is 7.15. The van der Waals surface area contributed by atoms with Gasteiger partial charge in [0, 0.05) is 58.5 Å². The average Bonchev–Trinajstić information content (AvgIpc) is 2.73. The van der Waals surface area contributed by atoms with Crippen LogP contribution in [0.15, 0.2) is 29.3 Å². The Hall–Kier alpha value is -0.970. The summed E-state index contributed by atoms with van der Waals surface area (Å²) in [6, 6.07) is 6.94. The molecule has 0 saturated carbocycles. The molecule has 1 saturated heterocycles. The average molecular weight is 536 g/mol. The molecule has 2 rings (SSSR count). The first-order valence-corrected chi connectivity index (χ1v) is 10.6. The van der Waals surface area contributed by atoms with Crippen molar-refractivity contribution in [2.24, 2.45) is 4.99 Å². The van der Waals surface area contributed by atoms with Crippen molar-refractivity contribution in [3.05, 3.63) is 35.6 Å². The minimum absolute atomic E-state index is 0. The summed E-state index contributed by atoms with van der Waals surface area (Å²) in [7, 11) is 3.85. The van der Waals surface area contributed by atoms with Gasteiger partial charge in [-0.2, -0.15) is 0 Å². The van der Waals surface area contributed by atoms with Crippen molar-refractivity contribution in [1.82, 2.24) is 15.5 Å². The molecule has 0 amide bonds. The fourth-order valence-corrected chi connectivity index (χ4v) is 3.65. The lowest BCUT2D eigenvalue weighted by atomic mass is 9.74. The van der Waals surface area contributed by atoms with Crippen LogP contribution in [0.5, 0.6) is 0 Å². The molecule has 0 radical (unpaired) electrons. The fourth-order valence-electron chi connectivity index (χ4n) is 3.65. The maximum absolute atomic E-state index is 13.9. The topological polar surface area (TPSA) is 58.1 Å². The van der Waals surface area contributed by atoms with Crippen molar-refractivity contribution in [2.45, 2.75) is 31.6 Å². The largest absolute Gasteiger partial charge is 0.385 e. The molecule has 0 aliphatic carbocycles. The van der Waals surface area contributed by atoms with Gasteiger partial charge in [-0.3, -0.25) is 4.99 Å². The summed E-state index contributed by atoms with van der Waals surface area (Å²) in [5.41, 5.74) is 0.831. The molecule has 1 aliphatic heterocycles. The number of guanidine groups is 1. The van der Waals surface area contributed by atoms with Gasteiger partial charge in [0.05, 0.1) is 6.54 Å². The molecule has 0 atom stereocenters. The molecule has 1 aromatic carbocycles. The number of ether oxygens (including phenoxy) is 2. The van der Waals surface area contributed by atoms with E-state index in [2.05, 4.69) is 29.5 Å². The molecule has 1 aliphatic rings. The molecule has 0 bridgehead atoms. The number of hydrogen-bond acceptors (Lipinski definition) is 4. The van der Waals surface area contributed by atoms with Crippen LogP contribution in [0.1, 0.15) is 31.7 Å². The number of rotatable bonds is 11. The second kappa shape index (κ2) is 14.9. The normalized spacial score (nSPS) is 16.2. The van der Waals surface area contributed by atoms with Crippen molar-refractivity contribution in [2.75, 3.05) is 66.7 Å². The van der Waals surface area contributed by atoms with Gasteiger partial charge in [-0.25, -0.2) is 4.39 Å². The van der Waals surface area contributed by atoms with E-state index in [4.69, 9.17) is 14.5 Å². The third-order valence-electron chi connectivity index (χ3n) is 5.45. The highest BCUT2D eigenvalue weighted by atomic mass is 127. The molecule has 0 aromatic heterocycles. The van der Waals surface area contributed by atoms with Crippen LogP contribution in [0.4, 0.5) is 4.39 Å². The zero-order valence-corrected chi connectivity index (χ0v) is 20.9. The Morgan fingerprint density at radius 1 is 1.27 bits per heavy atom. The molecule has 8 heteroatoms. The van der Waals surface area contributed by atoms with Crippen LogP contribution in [0.2, 0.25) is 0 Å². The molecule has 2 N–H and O–H groups in total. The van der Waals surface area contributed by atoms with Gasteiger partial charge in [0.1, 0.15) is 5.82 Å². The SMILES string of the molecule is CCNC(=NCC1(c2cccc(F)c2)CCOCC1)NCCN(C)CCCOC.I. The Kier molecular flexibility index (Phi) is 13.5. The van der Waals surface area contributed by atoms with E-state index in [9.17, 15) is 4.39 Å². The number of halogens is 2. The highest BCUT2D eigenvalue weighted by Crippen LogP contribution is 2.35. The fraction of sp³-hybridized carbons (Fsp3) is 0.682. The maximum Gasteiger partial charge on any atom is 0.191 e. The maximum atomic E-state index is 13.9. The molecule has 172 valence electrons. The number of nitrogens with zero attached hydrogens (tertiary/aromatic N) is 2. The molecule has 1 fully saturated rings. The van der Waals surface area contributed by atoms with Crippen LogP contribution in [-0.2, 0) is 14.9 Å². The van der Waals surface area contributed by atoms with E-state index in [0.29, 0.717) is 19.8 Å². The molecule has 6 nitrogen and oxygen atoms in total. The van der Waals surface area contributed by atoms with Crippen molar-refractivity contribution >= 4 is 29.9 Å². The van der Waals surface area contributed by atoms with Crippen LogP contribution in [0.25, 0.3) is 0 Å². The van der Waals surface area contributed by atoms with E-state index in [1.807, 2.05) is 6.07 Å². The standard InChI is InChI=1S/C22H37FN4O2.HI/c1-4-24-21(25-11-13-27(2)12-6-14-28-3)26-18-22(9-15-29-16-10-22)19-7-5-8-20(23)17-19;/h5,7-8,17H,4,6,9-16,18H2,1-3H3,(H2,24,25,26);1H. The third kappa shape index (κ3) is 9.03. The van der Waals surface area contributed by atoms with E-state index in [-0.39, 0.29) is 35.2 Å². The predicted octanol–water partition coefficient (Wildman–Crippen LogP) is 3.02. The smallest absolute Gasteiger partial charge is 0.191 e. The van der Waals surface area contributed by atoms with Gasteiger partial charge in [0.2, 0.25) is 0 Å². The first-order valence-electron chi connectivity index (χ1n) is 10.6. The van der Waals surface area contributed by atoms with Crippen molar-refractivity contribution in [3.63, 3.8) is 0 Å². The molecular formula is C22H38FIN4O2. The van der Waals surface area contributed by atoms with E-state index in [0.717, 1.165) is 63.6 Å². The van der Waals surface area contributed by atoms with Gasteiger partial charge in [-0.15, -0.1) is 24.0 Å². The zero-order chi connectivity index (χ0) is 21.0. The highest BCUT2D eigenvalue weighted by molar-refractivity contribution is 14.0. The first kappa shape index (κ1) is 27.1. The van der Waals surface area contributed by atoms with Crippen molar-refractivity contribution in [1.29, 1.82) is 0 Å². The first-order chi connectivity index (χ1) is 14.1. The zero-order valence-electron chi connectivity index (χ0n) is 18.6. The van der Waals surface area contributed by atoms with Crippen molar-refractivity contribution < 1.29 is 13.9 Å². The van der Waals surface area contributed by atoms with E-state index in [1.165, 1.54) is 6.07 Å². The molecule has 30 heavy (non-hydrogen) atoms. The summed E-state index contributed by atoms with van der Waals surface area (Å²) in [6.45, 7) is 8.36. The minimum atomic E-state index is -0.195. The van der Waals surface area contributed by atoms with Gasteiger partial charge in [-0.1, -0.05) is 12.1 Å². The number of nitrogens with one attached hydrogen (secondary N) is 2. The highest BCUT2D eigenvalue weighted by Gasteiger charge is 2.34. The lowest BCUT2D eigenvalue weighted by Crippen LogP contribution is -2.43. The lowest BCUT2D eigenvalue weighted by molar-refractivity contribution is 0.0530. The number of hydrogen-bond donors (Lipinski definition) is 2. The van der Waals surface area contributed by atoms with Crippen LogP contribution in [-0.4, -0.2) is 77.6 Å². The van der Waals surface area contributed by atoms with E-state index < -0.39 is 0 Å². The second-order valence-corrected chi connectivity index (χ2v) is 7.67. The summed E-state index contributed by atoms with van der Waals surface area (Å²) in [6.07, 6.45) is 2.72. The molecule has 0 unspecified atom stereocenters. The number of aliphatic imine (C=N–C) groups is 1. The van der Waals surface area contributed by atoms with Gasteiger partial charge in [-0.05, 0) is 50.9 Å². The quantitative estimate of drug-likeness (QED) is 0.197. The summed E-state index contributed by atoms with van der Waals surface area (Å²) < 4.78 is 24.5. The Morgan fingerprint density at radius 3 is 2.70 bits per heavy atom. The Balaban J connectivity index is 0.00000450. The lowest BCUT2D eigenvalue weighted by Gasteiger charge is -2.36. The van der Waals surface area contributed by atoms with Gasteiger partial charge < -0.3 is 25.0 Å². The number of methoxy groups -OCH3 is 1. The van der Waals surface area contributed by atoms with Gasteiger partial charge >= 0.3 is 0 Å². The van der Waals surface area contributed by atoms with Crippen LogP contribution >= 0.6 is 24.0 Å². The van der Waals surface area contributed by atoms with Crippen LogP contribution in [0, 0.1) is 5.82 Å². The molecule has 1 aromatic rings. The summed E-state index contributed by atoms with van der Waals surface area (Å²) in [5, 5.41) is 6.75. The number of likely N-dealkylation sites (N-methyl/N-ethyl adjacent to an activating group) is 1. The predicted molar refractivity (Wildman–Crippen MR) is 132 cm³/mol. The Bertz CT molecular complexity index is 627. The minimum Gasteiger partial charge on any atom is -0.385 e. The molecule has 1 heterocycles. The van der Waals surface area contributed by atoms with Crippen LogP contribution in [0.3, 0.4) is 0 Å². The van der Waals surface area contributed by atoms with Crippen LogP contribution < -0.4 is 10.6 Å².